The first-order valence-corrected chi connectivity index (χ1v) is 5.99. The maximum absolute atomic E-state index is 3.52. The fraction of sp³-hybridized carbons (Fsp3) is 1.00. The van der Waals surface area contributed by atoms with E-state index >= 15 is 0 Å². The van der Waals surface area contributed by atoms with E-state index in [-0.39, 0.29) is 0 Å². The van der Waals surface area contributed by atoms with Crippen LogP contribution in [0.1, 0.15) is 41.0 Å². The molecule has 14 heavy (non-hydrogen) atoms. The van der Waals surface area contributed by atoms with Crippen molar-refractivity contribution in [3.8, 4) is 0 Å². The molecular weight excluding hydrogens is 172 g/mol. The second kappa shape index (κ2) is 5.13. The second-order valence-corrected chi connectivity index (χ2v) is 5.30. The standard InChI is InChI=1S/C12H26N2/c1-9(2)13-7-12(5)14-8-10(3)6-11(14)4/h9-13H,6-8H2,1-5H3. The summed E-state index contributed by atoms with van der Waals surface area (Å²) in [5.41, 5.74) is 0. The molecule has 1 fully saturated rings. The first-order chi connectivity index (χ1) is 6.50. The zero-order valence-electron chi connectivity index (χ0n) is 10.4. The van der Waals surface area contributed by atoms with Crippen molar-refractivity contribution >= 4 is 0 Å². The Morgan fingerprint density at radius 1 is 1.29 bits per heavy atom. The largest absolute Gasteiger partial charge is 0.313 e. The van der Waals surface area contributed by atoms with E-state index in [9.17, 15) is 0 Å². The van der Waals surface area contributed by atoms with Crippen LogP contribution in [0.4, 0.5) is 0 Å². The fourth-order valence-electron chi connectivity index (χ4n) is 2.47. The molecule has 1 rings (SSSR count). The van der Waals surface area contributed by atoms with Crippen molar-refractivity contribution < 1.29 is 0 Å². The minimum Gasteiger partial charge on any atom is -0.313 e. The normalized spacial score (nSPS) is 31.3. The van der Waals surface area contributed by atoms with E-state index in [1.54, 1.807) is 0 Å². The summed E-state index contributed by atoms with van der Waals surface area (Å²) in [5.74, 6) is 0.881. The van der Waals surface area contributed by atoms with Gasteiger partial charge in [-0.05, 0) is 26.2 Å². The summed E-state index contributed by atoms with van der Waals surface area (Å²) in [4.78, 5) is 2.64. The quantitative estimate of drug-likeness (QED) is 0.744. The van der Waals surface area contributed by atoms with E-state index in [1.807, 2.05) is 0 Å². The fourth-order valence-corrected chi connectivity index (χ4v) is 2.47. The van der Waals surface area contributed by atoms with Crippen LogP contribution in [0.15, 0.2) is 0 Å². The molecule has 0 spiro atoms. The van der Waals surface area contributed by atoms with Crippen molar-refractivity contribution in [2.75, 3.05) is 13.1 Å². The predicted molar refractivity (Wildman–Crippen MR) is 62.5 cm³/mol. The Bertz CT molecular complexity index is 168. The molecule has 1 aliphatic rings. The summed E-state index contributed by atoms with van der Waals surface area (Å²) in [6.07, 6.45) is 1.37. The molecule has 0 aliphatic carbocycles. The number of rotatable bonds is 4. The van der Waals surface area contributed by atoms with Crippen LogP contribution in [0.2, 0.25) is 0 Å². The van der Waals surface area contributed by atoms with Gasteiger partial charge in [-0.1, -0.05) is 20.8 Å². The summed E-state index contributed by atoms with van der Waals surface area (Å²) >= 11 is 0. The highest BCUT2D eigenvalue weighted by Gasteiger charge is 2.29. The Morgan fingerprint density at radius 2 is 1.93 bits per heavy atom. The lowest BCUT2D eigenvalue weighted by molar-refractivity contribution is 0.193. The third-order valence-corrected chi connectivity index (χ3v) is 3.22. The number of hydrogen-bond donors (Lipinski definition) is 1. The van der Waals surface area contributed by atoms with Gasteiger partial charge in [-0.15, -0.1) is 0 Å². The van der Waals surface area contributed by atoms with Crippen LogP contribution in [-0.4, -0.2) is 36.1 Å². The zero-order valence-corrected chi connectivity index (χ0v) is 10.4. The van der Waals surface area contributed by atoms with Gasteiger partial charge in [0, 0.05) is 31.2 Å². The number of nitrogens with zero attached hydrogens (tertiary/aromatic N) is 1. The number of likely N-dealkylation sites (tertiary alicyclic amines) is 1. The highest BCUT2D eigenvalue weighted by molar-refractivity contribution is 4.84. The van der Waals surface area contributed by atoms with Crippen molar-refractivity contribution in [2.45, 2.75) is 59.2 Å². The number of nitrogens with one attached hydrogen (secondary N) is 1. The average Bonchev–Trinajstić information content (AvgIpc) is 2.41. The molecule has 0 aromatic carbocycles. The molecule has 1 N–H and O–H groups in total. The lowest BCUT2D eigenvalue weighted by atomic mass is 10.1. The van der Waals surface area contributed by atoms with Gasteiger partial charge in [-0.3, -0.25) is 4.90 Å². The molecule has 0 aromatic rings. The van der Waals surface area contributed by atoms with Crippen LogP contribution in [0.3, 0.4) is 0 Å². The van der Waals surface area contributed by atoms with Gasteiger partial charge in [0.15, 0.2) is 0 Å². The van der Waals surface area contributed by atoms with E-state index in [0.717, 1.165) is 18.5 Å². The Labute approximate surface area is 89.1 Å². The van der Waals surface area contributed by atoms with Gasteiger partial charge in [-0.25, -0.2) is 0 Å². The first kappa shape index (κ1) is 12.0. The molecule has 84 valence electrons. The lowest BCUT2D eigenvalue weighted by Gasteiger charge is -2.29. The van der Waals surface area contributed by atoms with Crippen molar-refractivity contribution in [1.82, 2.24) is 10.2 Å². The minimum absolute atomic E-state index is 0.604. The summed E-state index contributed by atoms with van der Waals surface area (Å²) < 4.78 is 0. The summed E-state index contributed by atoms with van der Waals surface area (Å²) in [7, 11) is 0. The van der Waals surface area contributed by atoms with Crippen LogP contribution in [-0.2, 0) is 0 Å². The van der Waals surface area contributed by atoms with Gasteiger partial charge in [-0.2, -0.15) is 0 Å². The molecule has 2 heteroatoms. The van der Waals surface area contributed by atoms with Crippen molar-refractivity contribution in [1.29, 1.82) is 0 Å². The molecule has 0 aromatic heterocycles. The zero-order chi connectivity index (χ0) is 10.7. The highest BCUT2D eigenvalue weighted by Crippen LogP contribution is 2.24. The van der Waals surface area contributed by atoms with Crippen LogP contribution in [0.25, 0.3) is 0 Å². The monoisotopic (exact) mass is 198 g/mol. The van der Waals surface area contributed by atoms with Gasteiger partial charge < -0.3 is 5.32 Å². The van der Waals surface area contributed by atoms with Gasteiger partial charge in [0.05, 0.1) is 0 Å². The average molecular weight is 198 g/mol. The summed E-state index contributed by atoms with van der Waals surface area (Å²) in [6, 6.07) is 2.05. The Balaban J connectivity index is 2.33. The minimum atomic E-state index is 0.604. The van der Waals surface area contributed by atoms with Gasteiger partial charge in [0.2, 0.25) is 0 Å². The van der Waals surface area contributed by atoms with E-state index in [2.05, 4.69) is 44.8 Å². The molecule has 1 aliphatic heterocycles. The first-order valence-electron chi connectivity index (χ1n) is 5.99. The molecule has 2 nitrogen and oxygen atoms in total. The molecular formula is C12H26N2. The number of hydrogen-bond acceptors (Lipinski definition) is 2. The van der Waals surface area contributed by atoms with Crippen LogP contribution in [0.5, 0.6) is 0 Å². The molecule has 3 atom stereocenters. The van der Waals surface area contributed by atoms with Crippen LogP contribution in [0, 0.1) is 5.92 Å². The maximum atomic E-state index is 3.52. The van der Waals surface area contributed by atoms with Gasteiger partial charge >= 0.3 is 0 Å². The van der Waals surface area contributed by atoms with E-state index < -0.39 is 0 Å². The van der Waals surface area contributed by atoms with Crippen molar-refractivity contribution in [2.24, 2.45) is 5.92 Å². The second-order valence-electron chi connectivity index (χ2n) is 5.30. The Hall–Kier alpha value is -0.0800. The molecule has 1 heterocycles. The smallest absolute Gasteiger partial charge is 0.0195 e. The lowest BCUT2D eigenvalue weighted by Crippen LogP contribution is -2.43. The Morgan fingerprint density at radius 3 is 2.36 bits per heavy atom. The van der Waals surface area contributed by atoms with E-state index in [1.165, 1.54) is 13.0 Å². The van der Waals surface area contributed by atoms with Gasteiger partial charge in [0.1, 0.15) is 0 Å². The molecule has 3 unspecified atom stereocenters. The molecule has 0 radical (unpaired) electrons. The molecule has 0 amide bonds. The van der Waals surface area contributed by atoms with E-state index in [4.69, 9.17) is 0 Å². The highest BCUT2D eigenvalue weighted by atomic mass is 15.2. The predicted octanol–water partition coefficient (Wildman–Crippen LogP) is 2.10. The van der Waals surface area contributed by atoms with Gasteiger partial charge in [0.25, 0.3) is 0 Å². The SMILES string of the molecule is CC1CC(C)N(C(C)CNC(C)C)C1. The molecule has 1 saturated heterocycles. The third kappa shape index (κ3) is 3.25. The topological polar surface area (TPSA) is 15.3 Å². The maximum Gasteiger partial charge on any atom is 0.0195 e. The van der Waals surface area contributed by atoms with E-state index in [0.29, 0.717) is 12.1 Å². The van der Waals surface area contributed by atoms with Crippen LogP contribution < -0.4 is 5.32 Å². The third-order valence-electron chi connectivity index (χ3n) is 3.22. The summed E-state index contributed by atoms with van der Waals surface area (Å²) in [6.45, 7) is 13.9. The summed E-state index contributed by atoms with van der Waals surface area (Å²) in [5, 5.41) is 3.52. The molecule has 0 bridgehead atoms. The van der Waals surface area contributed by atoms with Crippen molar-refractivity contribution in [3.05, 3.63) is 0 Å². The molecule has 0 saturated carbocycles. The Kier molecular flexibility index (Phi) is 4.39. The van der Waals surface area contributed by atoms with Crippen molar-refractivity contribution in [3.63, 3.8) is 0 Å². The van der Waals surface area contributed by atoms with Crippen LogP contribution >= 0.6 is 0 Å².